The van der Waals surface area contributed by atoms with Crippen LogP contribution in [-0.4, -0.2) is 12.3 Å². The van der Waals surface area contributed by atoms with Crippen LogP contribution in [0.5, 0.6) is 0 Å². The topological polar surface area (TPSA) is 19.0 Å². The summed E-state index contributed by atoms with van der Waals surface area (Å²) in [6, 6.07) is 43.5. The van der Waals surface area contributed by atoms with E-state index in [0.717, 1.165) is 7.28 Å². The Labute approximate surface area is 284 Å². The normalized spacial score (nSPS) is 16.0. The summed E-state index contributed by atoms with van der Waals surface area (Å²) in [6.45, 7) is 9.67. The Balaban J connectivity index is 1.30. The van der Waals surface area contributed by atoms with E-state index in [1.165, 1.54) is 104 Å². The Morgan fingerprint density at radius 3 is 2.21 bits per heavy atom. The highest BCUT2D eigenvalue weighted by molar-refractivity contribution is 7.25. The zero-order chi connectivity index (χ0) is 32.1. The van der Waals surface area contributed by atoms with Crippen molar-refractivity contribution in [1.29, 1.82) is 0 Å². The van der Waals surface area contributed by atoms with Gasteiger partial charge in [-0.2, -0.15) is 0 Å². The van der Waals surface area contributed by atoms with Gasteiger partial charge in [0.15, 0.2) is 7.28 Å². The summed E-state index contributed by atoms with van der Waals surface area (Å²) in [6.07, 6.45) is 0. The number of hydrogen-bond acceptors (Lipinski definition) is 2. The number of nitrogens with one attached hydrogen (secondary N) is 1. The number of aromatic nitrogens is 1. The molecule has 1 N–H and O–H groups in total. The van der Waals surface area contributed by atoms with Gasteiger partial charge >= 0.3 is 0 Å². The van der Waals surface area contributed by atoms with Crippen molar-refractivity contribution >= 4 is 77.8 Å². The van der Waals surface area contributed by atoms with E-state index < -0.39 is 0 Å². The van der Waals surface area contributed by atoms with Crippen molar-refractivity contribution in [3.63, 3.8) is 0 Å². The number of hydrogen-bond donors (Lipinski definition) is 1. The maximum absolute atomic E-state index is 3.94. The molecule has 0 saturated heterocycles. The van der Waals surface area contributed by atoms with Crippen LogP contribution in [0.3, 0.4) is 0 Å². The molecular formula is C44H33BN2S. The van der Waals surface area contributed by atoms with Gasteiger partial charge in [-0.1, -0.05) is 130 Å². The molecule has 1 aliphatic carbocycles. The molecule has 48 heavy (non-hydrogen) atoms. The summed E-state index contributed by atoms with van der Waals surface area (Å²) in [5.41, 5.74) is 18.9. The summed E-state index contributed by atoms with van der Waals surface area (Å²) in [4.78, 5) is 7.86. The van der Waals surface area contributed by atoms with Gasteiger partial charge in [0, 0.05) is 48.6 Å². The molecular weight excluding hydrogens is 599 g/mol. The first-order valence-electron chi connectivity index (χ1n) is 17.1. The first kappa shape index (κ1) is 27.0. The first-order chi connectivity index (χ1) is 23.3. The van der Waals surface area contributed by atoms with Crippen LogP contribution in [-0.2, 0) is 10.8 Å². The Morgan fingerprint density at radius 1 is 0.604 bits per heavy atom. The summed E-state index contributed by atoms with van der Waals surface area (Å²) >= 11 is 1.86. The number of para-hydroxylation sites is 3. The van der Waals surface area contributed by atoms with E-state index in [-0.39, 0.29) is 10.8 Å². The van der Waals surface area contributed by atoms with E-state index in [4.69, 9.17) is 0 Å². The van der Waals surface area contributed by atoms with Gasteiger partial charge in [-0.25, -0.2) is 0 Å². The standard InChI is InChI=1S/C44H33BN2S/c1-43(2)31-18-8-9-21-34(31)47-40-32(43)19-12-20-33(40)45-38-29(23-28-24-13-5-7-17-30(24)44(3,4)37(28)41(38)47)25-15-11-16-27-36-26-14-6-10-22-35(26)48-42(36)46-39(25)27/h5-23,45-46H,1-4H3. The lowest BCUT2D eigenvalue weighted by atomic mass is 9.54. The third-order valence-corrected chi connectivity index (χ3v) is 12.9. The number of anilines is 3. The maximum atomic E-state index is 3.94. The minimum atomic E-state index is -0.150. The predicted octanol–water partition coefficient (Wildman–Crippen LogP) is 10.3. The lowest BCUT2D eigenvalue weighted by Gasteiger charge is -2.47. The SMILES string of the molecule is CC1(C)c2ccccc2N2c3c(cccc31)Bc1c(-c3cccc4c3[nH]c3sc5ccccc5c34)cc3c(c12)C(C)(C)c1ccccc1-3. The zero-order valence-electron chi connectivity index (χ0n) is 27.5. The minimum absolute atomic E-state index is 0.0977. The van der Waals surface area contributed by atoms with Gasteiger partial charge < -0.3 is 9.88 Å². The second-order valence-electron chi connectivity index (χ2n) is 15.0. The van der Waals surface area contributed by atoms with Crippen LogP contribution < -0.4 is 15.8 Å². The van der Waals surface area contributed by atoms with Crippen LogP contribution >= 0.6 is 11.3 Å². The maximum Gasteiger partial charge on any atom is 0.198 e. The lowest BCUT2D eigenvalue weighted by Crippen LogP contribution is -2.46. The van der Waals surface area contributed by atoms with E-state index in [0.29, 0.717) is 0 Å². The highest BCUT2D eigenvalue weighted by Crippen LogP contribution is 2.59. The molecule has 0 saturated carbocycles. The average molecular weight is 633 g/mol. The summed E-state index contributed by atoms with van der Waals surface area (Å²) in [7, 11) is 0.899. The van der Waals surface area contributed by atoms with Gasteiger partial charge in [0.1, 0.15) is 4.83 Å². The molecule has 6 aromatic carbocycles. The van der Waals surface area contributed by atoms with E-state index in [9.17, 15) is 0 Å². The predicted molar refractivity (Wildman–Crippen MR) is 207 cm³/mol. The molecule has 0 unspecified atom stereocenters. The number of aromatic amines is 1. The molecule has 11 rings (SSSR count). The second kappa shape index (κ2) is 8.89. The van der Waals surface area contributed by atoms with Crippen molar-refractivity contribution in [2.45, 2.75) is 38.5 Å². The van der Waals surface area contributed by atoms with Crippen LogP contribution in [0, 0.1) is 0 Å². The van der Waals surface area contributed by atoms with E-state index in [1.807, 2.05) is 11.3 Å². The lowest BCUT2D eigenvalue weighted by molar-refractivity contribution is 0.630. The Hall–Kier alpha value is -5.06. The third-order valence-electron chi connectivity index (χ3n) is 11.8. The summed E-state index contributed by atoms with van der Waals surface area (Å²) < 4.78 is 1.33. The molecule has 2 nitrogen and oxygen atoms in total. The fourth-order valence-electron chi connectivity index (χ4n) is 9.64. The monoisotopic (exact) mass is 632 g/mol. The molecule has 0 bridgehead atoms. The van der Waals surface area contributed by atoms with E-state index in [2.05, 4.69) is 153 Å². The number of fused-ring (bicyclic) bond motifs is 13. The molecule has 0 fully saturated rings. The third kappa shape index (κ3) is 3.15. The van der Waals surface area contributed by atoms with Gasteiger partial charge in [-0.05, 0) is 62.6 Å². The van der Waals surface area contributed by atoms with Crippen LogP contribution in [0.2, 0.25) is 0 Å². The molecule has 3 aliphatic rings. The van der Waals surface area contributed by atoms with Crippen molar-refractivity contribution in [2.24, 2.45) is 0 Å². The molecule has 0 amide bonds. The second-order valence-corrected chi connectivity index (χ2v) is 16.0. The van der Waals surface area contributed by atoms with Crippen LogP contribution in [0.25, 0.3) is 53.5 Å². The largest absolute Gasteiger partial charge is 0.346 e. The average Bonchev–Trinajstić information content (AvgIpc) is 3.72. The van der Waals surface area contributed by atoms with Crippen molar-refractivity contribution in [2.75, 3.05) is 4.90 Å². The van der Waals surface area contributed by atoms with E-state index >= 15 is 0 Å². The van der Waals surface area contributed by atoms with Crippen LogP contribution in [0.4, 0.5) is 17.1 Å². The zero-order valence-corrected chi connectivity index (χ0v) is 28.3. The Morgan fingerprint density at radius 2 is 1.31 bits per heavy atom. The highest BCUT2D eigenvalue weighted by atomic mass is 32.1. The van der Waals surface area contributed by atoms with Gasteiger partial charge in [-0.15, -0.1) is 11.3 Å². The van der Waals surface area contributed by atoms with Gasteiger partial charge in [0.25, 0.3) is 0 Å². The summed E-state index contributed by atoms with van der Waals surface area (Å²) in [5, 5.41) is 3.98. The Bertz CT molecular complexity index is 2720. The number of H-pyrrole nitrogens is 1. The number of benzene rings is 6. The molecule has 228 valence electrons. The first-order valence-corrected chi connectivity index (χ1v) is 17.9. The molecule has 0 atom stereocenters. The van der Waals surface area contributed by atoms with Crippen LogP contribution in [0.15, 0.2) is 115 Å². The quantitative estimate of drug-likeness (QED) is 0.179. The fraction of sp³-hybridized carbons (Fsp3) is 0.136. The fourth-order valence-corrected chi connectivity index (χ4v) is 10.8. The van der Waals surface area contributed by atoms with Gasteiger partial charge in [0.05, 0.1) is 11.2 Å². The van der Waals surface area contributed by atoms with Crippen molar-refractivity contribution in [3.05, 3.63) is 138 Å². The molecule has 4 heteroatoms. The summed E-state index contributed by atoms with van der Waals surface area (Å²) in [5.74, 6) is 0. The number of nitrogens with zero attached hydrogens (tertiary/aromatic N) is 1. The van der Waals surface area contributed by atoms with Crippen molar-refractivity contribution < 1.29 is 0 Å². The van der Waals surface area contributed by atoms with Crippen molar-refractivity contribution in [1.82, 2.24) is 4.98 Å². The van der Waals surface area contributed by atoms with Crippen LogP contribution in [0.1, 0.15) is 49.9 Å². The van der Waals surface area contributed by atoms with Gasteiger partial charge in [-0.3, -0.25) is 0 Å². The minimum Gasteiger partial charge on any atom is -0.346 e. The molecule has 2 aromatic heterocycles. The molecule has 8 aromatic rings. The highest BCUT2D eigenvalue weighted by Gasteiger charge is 2.46. The number of rotatable bonds is 1. The molecule has 0 radical (unpaired) electrons. The molecule has 2 aliphatic heterocycles. The van der Waals surface area contributed by atoms with Crippen molar-refractivity contribution in [3.8, 4) is 22.3 Å². The smallest absolute Gasteiger partial charge is 0.198 e. The van der Waals surface area contributed by atoms with Gasteiger partial charge in [0.2, 0.25) is 0 Å². The van der Waals surface area contributed by atoms with E-state index in [1.54, 1.807) is 0 Å². The molecule has 0 spiro atoms. The Kier molecular flexibility index (Phi) is 4.99. The number of thiophene rings is 1. The molecule has 4 heterocycles.